The Kier molecular flexibility index (Phi) is 14.7. The van der Waals surface area contributed by atoms with Crippen LogP contribution in [0.4, 0.5) is 5.69 Å². The number of aromatic nitrogens is 2. The second-order valence-electron chi connectivity index (χ2n) is 11.1. The Morgan fingerprint density at radius 2 is 1.45 bits per heavy atom. The van der Waals surface area contributed by atoms with Gasteiger partial charge < -0.3 is 40.2 Å². The molecule has 1 heterocycles. The number of nitrogens with zero attached hydrogens (tertiary/aromatic N) is 2. The third-order valence-corrected chi connectivity index (χ3v) is 7.16. The number of benzene rings is 3. The number of fused-ring (bicyclic) bond motifs is 1. The van der Waals surface area contributed by atoms with Crippen molar-refractivity contribution in [1.29, 1.82) is 0 Å². The summed E-state index contributed by atoms with van der Waals surface area (Å²) in [7, 11) is -3.54. The van der Waals surface area contributed by atoms with E-state index in [1.165, 1.54) is 0 Å². The number of hydrogen-bond donors (Lipinski definition) is 7. The van der Waals surface area contributed by atoms with Crippen LogP contribution in [0.15, 0.2) is 79.1 Å². The molecule has 0 saturated carbocycles. The minimum absolute atomic E-state index is 0.251. The summed E-state index contributed by atoms with van der Waals surface area (Å²) in [6.45, 7) is 5.57. The molecule has 17 heteroatoms. The second-order valence-corrected chi connectivity index (χ2v) is 12.8. The number of aliphatic hydroxyl groups excluding tert-OH is 1. The molecule has 0 saturated heterocycles. The van der Waals surface area contributed by atoms with Crippen LogP contribution in [0.3, 0.4) is 0 Å². The summed E-state index contributed by atoms with van der Waals surface area (Å²) >= 11 is 0. The van der Waals surface area contributed by atoms with Crippen molar-refractivity contribution in [3.63, 3.8) is 0 Å². The zero-order valence-electron chi connectivity index (χ0n) is 26.8. The van der Waals surface area contributed by atoms with E-state index in [4.69, 9.17) is 44.3 Å². The first-order chi connectivity index (χ1) is 22.9. The number of aryl methyl sites for hydroxylation is 1. The van der Waals surface area contributed by atoms with Crippen molar-refractivity contribution in [3.05, 3.63) is 90.3 Å². The Hall–Kier alpha value is -5.52. The fraction of sp³-hybridized carbons (Fsp3) is 0.281. The number of para-hydroxylation sites is 2. The highest BCUT2D eigenvalue weighted by Gasteiger charge is 2.21. The van der Waals surface area contributed by atoms with E-state index in [2.05, 4.69) is 39.5 Å². The molecular weight excluding hydrogens is 664 g/mol. The summed E-state index contributed by atoms with van der Waals surface area (Å²) < 4.78 is 34.5. The van der Waals surface area contributed by atoms with Crippen LogP contribution in [0.5, 0.6) is 5.75 Å². The van der Waals surface area contributed by atoms with Crippen LogP contribution < -0.4 is 14.8 Å². The summed E-state index contributed by atoms with van der Waals surface area (Å²) in [6, 6.07) is 22.7. The van der Waals surface area contributed by atoms with Crippen LogP contribution in [-0.2, 0) is 42.4 Å². The van der Waals surface area contributed by atoms with Gasteiger partial charge in [0.05, 0.1) is 35.4 Å². The third-order valence-electron chi connectivity index (χ3n) is 6.57. The van der Waals surface area contributed by atoms with Gasteiger partial charge in [-0.05, 0) is 55.7 Å². The van der Waals surface area contributed by atoms with Gasteiger partial charge in [-0.15, -0.1) is 0 Å². The first-order valence-electron chi connectivity index (χ1n) is 14.4. The Morgan fingerprint density at radius 3 is 2.02 bits per heavy atom. The van der Waals surface area contributed by atoms with Crippen LogP contribution in [0, 0.1) is 0 Å². The zero-order valence-corrected chi connectivity index (χ0v) is 27.6. The minimum atomic E-state index is -3.54. The molecule has 0 amide bonds. The van der Waals surface area contributed by atoms with E-state index >= 15 is 0 Å². The highest BCUT2D eigenvalue weighted by atomic mass is 32.2. The maximum absolute atomic E-state index is 12.0. The number of sulfonamides is 1. The van der Waals surface area contributed by atoms with Crippen LogP contribution in [-0.4, -0.2) is 85.7 Å². The lowest BCUT2D eigenvalue weighted by Crippen LogP contribution is -2.42. The number of aliphatic carboxylic acids is 4. The van der Waals surface area contributed by atoms with E-state index in [0.29, 0.717) is 30.2 Å². The number of anilines is 1. The van der Waals surface area contributed by atoms with Crippen LogP contribution in [0.2, 0.25) is 0 Å². The smallest absolute Gasteiger partial charge is 0.414 e. The maximum Gasteiger partial charge on any atom is 0.414 e. The number of β-amino-alcohol motifs (C(OH)–C–C–N with tert-alkyl or cyclic N) is 1. The molecule has 1 atom stereocenters. The van der Waals surface area contributed by atoms with E-state index in [9.17, 15) is 13.5 Å². The van der Waals surface area contributed by atoms with Gasteiger partial charge in [-0.25, -0.2) is 32.6 Å². The number of nitrogens with one attached hydrogen (secondary N) is 2. The quantitative estimate of drug-likeness (QED) is 0.105. The first kappa shape index (κ1) is 39.7. The average molecular weight is 703 g/mol. The molecule has 0 fully saturated rings. The lowest BCUT2D eigenvalue weighted by atomic mass is 9.99. The van der Waals surface area contributed by atoms with Gasteiger partial charge in [-0.3, -0.25) is 4.72 Å². The van der Waals surface area contributed by atoms with E-state index in [-0.39, 0.29) is 5.54 Å². The Balaban J connectivity index is 0.000000594. The van der Waals surface area contributed by atoms with E-state index in [1.807, 2.05) is 54.9 Å². The molecule has 7 N–H and O–H groups in total. The minimum Gasteiger partial charge on any atom is -0.487 e. The molecule has 0 aliphatic rings. The molecule has 0 radical (unpaired) electrons. The van der Waals surface area contributed by atoms with Gasteiger partial charge in [0.25, 0.3) is 0 Å². The normalized spacial score (nSPS) is 11.6. The average Bonchev–Trinajstić information content (AvgIpc) is 3.45. The molecule has 264 valence electrons. The summed E-state index contributed by atoms with van der Waals surface area (Å²) in [5.74, 6) is -6.90. The van der Waals surface area contributed by atoms with E-state index in [0.717, 1.165) is 35.8 Å². The monoisotopic (exact) mass is 702 g/mol. The molecule has 4 aromatic rings. The Labute approximate surface area is 281 Å². The molecule has 1 unspecified atom stereocenters. The fourth-order valence-corrected chi connectivity index (χ4v) is 4.62. The number of rotatable bonds is 12. The molecule has 49 heavy (non-hydrogen) atoms. The van der Waals surface area contributed by atoms with Crippen molar-refractivity contribution < 1.29 is 57.9 Å². The van der Waals surface area contributed by atoms with Gasteiger partial charge in [0.15, 0.2) is 0 Å². The van der Waals surface area contributed by atoms with Crippen LogP contribution in [0.25, 0.3) is 11.0 Å². The van der Waals surface area contributed by atoms with Crippen LogP contribution >= 0.6 is 0 Å². The molecule has 16 nitrogen and oxygen atoms in total. The van der Waals surface area contributed by atoms with Crippen molar-refractivity contribution in [1.82, 2.24) is 14.9 Å². The second kappa shape index (κ2) is 18.1. The third kappa shape index (κ3) is 14.4. The molecular formula is C32H38N4O12S. The van der Waals surface area contributed by atoms with Crippen molar-refractivity contribution in [2.45, 2.75) is 45.1 Å². The predicted molar refractivity (Wildman–Crippen MR) is 178 cm³/mol. The summed E-state index contributed by atoms with van der Waals surface area (Å²) in [5.41, 5.74) is 3.66. The van der Waals surface area contributed by atoms with Gasteiger partial charge in [-0.1, -0.05) is 48.5 Å². The molecule has 4 rings (SSSR count). The predicted octanol–water partition coefficient (Wildman–Crippen LogP) is 2.79. The molecule has 0 spiro atoms. The number of carbonyl (C=O) groups is 4. The largest absolute Gasteiger partial charge is 0.487 e. The number of carboxylic acids is 4. The summed E-state index contributed by atoms with van der Waals surface area (Å²) in [6.07, 6.45) is 2.93. The van der Waals surface area contributed by atoms with Gasteiger partial charge >= 0.3 is 23.9 Å². The van der Waals surface area contributed by atoms with Gasteiger partial charge in [-0.2, -0.15) is 0 Å². The first-order valence-corrected chi connectivity index (χ1v) is 16.3. The van der Waals surface area contributed by atoms with Gasteiger partial charge in [0, 0.05) is 18.6 Å². The van der Waals surface area contributed by atoms with Crippen molar-refractivity contribution in [2.24, 2.45) is 0 Å². The standard InChI is InChI=1S/C28H34N4O4S.2C2H2O4/c1-28(2,15-16-32-20-29-23-11-7-8-12-25(23)32)30-18-26(33)22-13-14-27(24(17-22)31-37(3,34)35)36-19-21-9-5-4-6-10-21;2*3-1(4)2(5)6/h4-14,17,20,26,30-31,33H,15-16,18-19H2,1-3H3;2*(H,3,4)(H,5,6). The lowest BCUT2D eigenvalue weighted by molar-refractivity contribution is -0.159. The number of hydrogen-bond acceptors (Lipinski definition) is 10. The molecule has 1 aromatic heterocycles. The van der Waals surface area contributed by atoms with Crippen molar-refractivity contribution in [3.8, 4) is 5.75 Å². The topological polar surface area (TPSA) is 255 Å². The van der Waals surface area contributed by atoms with Crippen molar-refractivity contribution >= 4 is 50.6 Å². The summed E-state index contributed by atoms with van der Waals surface area (Å²) in [4.78, 5) is 40.8. The van der Waals surface area contributed by atoms with Crippen LogP contribution in [0.1, 0.15) is 37.5 Å². The molecule has 0 bridgehead atoms. The Bertz CT molecular complexity index is 1800. The SMILES string of the molecule is CC(C)(CCn1cnc2ccccc21)NCC(O)c1ccc(OCc2ccccc2)c(NS(C)(=O)=O)c1.O=C(O)C(=O)O.O=C(O)C(=O)O. The highest BCUT2D eigenvalue weighted by Crippen LogP contribution is 2.30. The van der Waals surface area contributed by atoms with Gasteiger partial charge in [0.1, 0.15) is 12.4 Å². The number of carboxylic acid groups (broad SMARTS) is 4. The molecule has 0 aliphatic heterocycles. The molecule has 0 aliphatic carbocycles. The fourth-order valence-electron chi connectivity index (χ4n) is 4.06. The maximum atomic E-state index is 12.0. The number of ether oxygens (including phenoxy) is 1. The Morgan fingerprint density at radius 1 is 0.878 bits per heavy atom. The highest BCUT2D eigenvalue weighted by molar-refractivity contribution is 7.92. The zero-order chi connectivity index (χ0) is 36.8. The lowest BCUT2D eigenvalue weighted by Gasteiger charge is -2.28. The van der Waals surface area contributed by atoms with Crippen molar-refractivity contribution in [2.75, 3.05) is 17.5 Å². The van der Waals surface area contributed by atoms with E-state index < -0.39 is 40.0 Å². The van der Waals surface area contributed by atoms with E-state index in [1.54, 1.807) is 18.2 Å². The number of aliphatic hydroxyl groups is 1. The molecule has 3 aromatic carbocycles. The van der Waals surface area contributed by atoms with Gasteiger partial charge in [0.2, 0.25) is 10.0 Å². The summed E-state index contributed by atoms with van der Waals surface area (Å²) in [5, 5.41) is 43.9. The number of imidazole rings is 1.